The Labute approximate surface area is 395 Å². The summed E-state index contributed by atoms with van der Waals surface area (Å²) in [5.74, 6) is -8.35. The maximum absolute atomic E-state index is 13.6. The Balaban J connectivity index is 1.98. The molecule has 5 amide bonds. The smallest absolute Gasteiger partial charge is 0.306 e. The largest absolute Gasteiger partial charge is 0.481 e. The fourth-order valence-electron chi connectivity index (χ4n) is 8.85. The van der Waals surface area contributed by atoms with Crippen LogP contribution in [0.5, 0.6) is 0 Å². The summed E-state index contributed by atoms with van der Waals surface area (Å²) in [4.78, 5) is 144. The van der Waals surface area contributed by atoms with E-state index >= 15 is 0 Å². The van der Waals surface area contributed by atoms with Gasteiger partial charge in [0.15, 0.2) is 23.1 Å². The number of ketones is 5. The molecule has 0 unspecified atom stereocenters. The molecule has 2 aliphatic heterocycles. The van der Waals surface area contributed by atoms with Crippen LogP contribution < -0.4 is 32.7 Å². The van der Waals surface area contributed by atoms with Gasteiger partial charge in [0, 0.05) is 75.8 Å². The molecule has 2 aliphatic rings. The number of carbonyl (C=O) groups excluding carboxylic acids is 10. The van der Waals surface area contributed by atoms with Crippen molar-refractivity contribution in [3.8, 4) is 0 Å². The molecule has 2 heterocycles. The fraction of sp³-hybridized carbons (Fsp3) is 0.771. The van der Waals surface area contributed by atoms with Crippen LogP contribution in [0.1, 0.15) is 157 Å². The lowest BCUT2D eigenvalue weighted by atomic mass is 9.88. The first-order valence-electron chi connectivity index (χ1n) is 24.3. The van der Waals surface area contributed by atoms with Crippen LogP contribution in [0.3, 0.4) is 0 Å². The van der Waals surface area contributed by atoms with Crippen molar-refractivity contribution >= 4 is 64.4 Å². The standard InChI is InChI=1S/C48H79N7O12/c1-28(2)22-33(47(65)53-31(6)39(57)16-19-45(63)55-21-9-11-38(55)42(60)25-32(48(66)67)10-7-8-20-49)24-35(56)27-51-46(64)34(23-29(3)4)26-41(59)37(14-17-43(50)61)54-44(62)18-15-40(58)36-13-12-30(5)52-36/h28-34,36-38,52H,7-27,49H2,1-6H3,(H2,50,61)(H,51,64)(H,53,65)(H,54,62)(H,66,67)/t30-,31+,32-,33-,34-,36+,37+,38+/m1/s1. The molecular weight excluding hydrogens is 867 g/mol. The van der Waals surface area contributed by atoms with Gasteiger partial charge in [-0.3, -0.25) is 52.7 Å². The predicted octanol–water partition coefficient (Wildman–Crippen LogP) is 2.22. The number of aliphatic carboxylic acids is 1. The van der Waals surface area contributed by atoms with Gasteiger partial charge in [-0.1, -0.05) is 34.1 Å². The van der Waals surface area contributed by atoms with E-state index in [4.69, 9.17) is 11.5 Å². The summed E-state index contributed by atoms with van der Waals surface area (Å²) in [6.45, 7) is 11.2. The second kappa shape index (κ2) is 29.8. The normalized spacial score (nSPS) is 19.2. The summed E-state index contributed by atoms with van der Waals surface area (Å²) < 4.78 is 0. The minimum atomic E-state index is -1.14. The predicted molar refractivity (Wildman–Crippen MR) is 249 cm³/mol. The zero-order chi connectivity index (χ0) is 50.4. The Morgan fingerprint density at radius 2 is 1.36 bits per heavy atom. The lowest BCUT2D eigenvalue weighted by Crippen LogP contribution is -2.45. The third kappa shape index (κ3) is 21.7. The van der Waals surface area contributed by atoms with Crippen molar-refractivity contribution in [1.29, 1.82) is 0 Å². The van der Waals surface area contributed by atoms with Crippen LogP contribution in [-0.4, -0.2) is 124 Å². The number of unbranched alkanes of at least 4 members (excludes halogenated alkanes) is 1. The number of carboxylic acids is 1. The van der Waals surface area contributed by atoms with Crippen molar-refractivity contribution in [1.82, 2.24) is 26.2 Å². The zero-order valence-electron chi connectivity index (χ0n) is 40.7. The van der Waals surface area contributed by atoms with E-state index in [0.29, 0.717) is 58.0 Å². The molecule has 0 aromatic carbocycles. The lowest BCUT2D eigenvalue weighted by molar-refractivity contribution is -0.145. The molecule has 8 atom stereocenters. The molecule has 0 saturated carbocycles. The number of carbonyl (C=O) groups is 11. The minimum Gasteiger partial charge on any atom is -0.481 e. The number of Topliss-reactive ketones (excluding diaryl/α,β-unsaturated/α-hetero) is 5. The SMILES string of the molecule is CC(C)C[C@H](CC(=O)[C@H](CCC(N)=O)NC(=O)CCC(=O)[C@@H]1CC[C@@H](C)N1)C(=O)NCC(=O)C[C@@H](CC(C)C)C(=O)N[C@@H](C)C(=O)CCC(=O)N1CCC[C@H]1C(=O)C[C@@H](CCCCN)C(=O)O. The Morgan fingerprint density at radius 3 is 1.94 bits per heavy atom. The number of likely N-dealkylation sites (tertiary alicyclic amines) is 1. The van der Waals surface area contributed by atoms with Gasteiger partial charge in [-0.2, -0.15) is 0 Å². The van der Waals surface area contributed by atoms with E-state index in [0.717, 1.165) is 6.42 Å². The van der Waals surface area contributed by atoms with Crippen molar-refractivity contribution in [3.63, 3.8) is 0 Å². The van der Waals surface area contributed by atoms with Crippen molar-refractivity contribution in [2.75, 3.05) is 19.6 Å². The fourth-order valence-corrected chi connectivity index (χ4v) is 8.85. The van der Waals surface area contributed by atoms with Crippen molar-refractivity contribution < 1.29 is 57.8 Å². The third-order valence-electron chi connectivity index (χ3n) is 12.6. The summed E-state index contributed by atoms with van der Waals surface area (Å²) in [6, 6.07) is -3.02. The maximum atomic E-state index is 13.6. The van der Waals surface area contributed by atoms with E-state index in [1.165, 1.54) is 11.8 Å². The van der Waals surface area contributed by atoms with Crippen LogP contribution in [0.4, 0.5) is 0 Å². The molecule has 0 aliphatic carbocycles. The highest BCUT2D eigenvalue weighted by molar-refractivity contribution is 5.97. The van der Waals surface area contributed by atoms with E-state index < -0.39 is 95.3 Å². The highest BCUT2D eigenvalue weighted by atomic mass is 16.4. The lowest BCUT2D eigenvalue weighted by Gasteiger charge is -2.25. The number of nitrogens with one attached hydrogen (secondary N) is 4. The monoisotopic (exact) mass is 946 g/mol. The topological polar surface area (TPSA) is 311 Å². The Kier molecular flexibility index (Phi) is 25.9. The van der Waals surface area contributed by atoms with Crippen LogP contribution in [0, 0.1) is 29.6 Å². The van der Waals surface area contributed by atoms with E-state index in [-0.39, 0.29) is 99.7 Å². The Morgan fingerprint density at radius 1 is 0.701 bits per heavy atom. The van der Waals surface area contributed by atoms with Gasteiger partial charge in [-0.15, -0.1) is 0 Å². The molecular formula is C48H79N7O12. The van der Waals surface area contributed by atoms with Gasteiger partial charge in [0.1, 0.15) is 5.78 Å². The van der Waals surface area contributed by atoms with E-state index in [1.807, 2.05) is 34.6 Å². The molecule has 2 fully saturated rings. The first kappa shape index (κ1) is 58.2. The van der Waals surface area contributed by atoms with Gasteiger partial charge in [0.25, 0.3) is 0 Å². The number of carboxylic acid groups (broad SMARTS) is 1. The highest BCUT2D eigenvalue weighted by Crippen LogP contribution is 2.25. The van der Waals surface area contributed by atoms with Gasteiger partial charge in [-0.05, 0) is 90.0 Å². The number of nitrogens with two attached hydrogens (primary N) is 2. The molecule has 19 nitrogen and oxygen atoms in total. The average molecular weight is 946 g/mol. The first-order valence-corrected chi connectivity index (χ1v) is 24.3. The average Bonchev–Trinajstić information content (AvgIpc) is 3.93. The number of amides is 5. The molecule has 2 saturated heterocycles. The quantitative estimate of drug-likeness (QED) is 0.0456. The van der Waals surface area contributed by atoms with E-state index in [9.17, 15) is 57.8 Å². The zero-order valence-corrected chi connectivity index (χ0v) is 40.7. The number of nitrogens with zero attached hydrogens (tertiary/aromatic N) is 1. The summed E-state index contributed by atoms with van der Waals surface area (Å²) in [6.07, 6.45) is 2.91. The number of rotatable bonds is 34. The first-order chi connectivity index (χ1) is 31.5. The molecule has 9 N–H and O–H groups in total. The Hall–Kier alpha value is -4.91. The molecule has 19 heteroatoms. The van der Waals surface area contributed by atoms with Gasteiger partial charge < -0.3 is 42.7 Å². The van der Waals surface area contributed by atoms with Crippen LogP contribution in [0.2, 0.25) is 0 Å². The van der Waals surface area contributed by atoms with Gasteiger partial charge in [-0.25, -0.2) is 0 Å². The molecule has 0 aromatic rings. The molecule has 0 bridgehead atoms. The molecule has 378 valence electrons. The molecule has 0 radical (unpaired) electrons. The number of hydrogen-bond acceptors (Lipinski definition) is 13. The summed E-state index contributed by atoms with van der Waals surface area (Å²) >= 11 is 0. The van der Waals surface area contributed by atoms with E-state index in [1.54, 1.807) is 0 Å². The number of primary amides is 1. The second-order valence-corrected chi connectivity index (χ2v) is 19.5. The van der Waals surface area contributed by atoms with Gasteiger partial charge in [0.2, 0.25) is 29.5 Å². The summed E-state index contributed by atoms with van der Waals surface area (Å²) in [7, 11) is 0. The summed E-state index contributed by atoms with van der Waals surface area (Å²) in [5.41, 5.74) is 10.9. The highest BCUT2D eigenvalue weighted by Gasteiger charge is 2.37. The second-order valence-electron chi connectivity index (χ2n) is 19.5. The third-order valence-corrected chi connectivity index (χ3v) is 12.6. The van der Waals surface area contributed by atoms with Crippen LogP contribution in [0.15, 0.2) is 0 Å². The van der Waals surface area contributed by atoms with E-state index in [2.05, 4.69) is 21.3 Å². The molecule has 0 spiro atoms. The van der Waals surface area contributed by atoms with Crippen LogP contribution in [-0.2, 0) is 52.7 Å². The molecule has 0 aromatic heterocycles. The van der Waals surface area contributed by atoms with Crippen LogP contribution in [0.25, 0.3) is 0 Å². The van der Waals surface area contributed by atoms with Gasteiger partial charge >= 0.3 is 5.97 Å². The minimum absolute atomic E-state index is 0.0207. The van der Waals surface area contributed by atoms with Gasteiger partial charge in [0.05, 0.1) is 36.6 Å². The van der Waals surface area contributed by atoms with Crippen LogP contribution >= 0.6 is 0 Å². The number of hydrogen-bond donors (Lipinski definition) is 7. The molecule has 67 heavy (non-hydrogen) atoms. The van der Waals surface area contributed by atoms with Crippen molar-refractivity contribution in [2.24, 2.45) is 41.1 Å². The van der Waals surface area contributed by atoms with Crippen molar-refractivity contribution in [2.45, 2.75) is 187 Å². The summed E-state index contributed by atoms with van der Waals surface area (Å²) in [5, 5.41) is 20.7. The Bertz CT molecular complexity index is 1750. The van der Waals surface area contributed by atoms with Crippen molar-refractivity contribution in [3.05, 3.63) is 0 Å². The maximum Gasteiger partial charge on any atom is 0.306 e. The molecule has 2 rings (SSSR count).